The molecule has 3 rings (SSSR count). The number of nitrogens with zero attached hydrogens (tertiary/aromatic N) is 3. The molecule has 3 N–H and O–H groups in total. The number of aliphatic hydroxyl groups excluding tert-OH is 1. The first-order valence-electron chi connectivity index (χ1n) is 9.53. The summed E-state index contributed by atoms with van der Waals surface area (Å²) in [5, 5.41) is 16.7. The number of rotatable bonds is 7. The van der Waals surface area contributed by atoms with Crippen LogP contribution < -0.4 is 10.6 Å². The number of aliphatic hydroxyl groups is 1. The zero-order valence-electron chi connectivity index (χ0n) is 15.7. The molecule has 2 fully saturated rings. The molecule has 1 atom stereocenters. The third kappa shape index (κ3) is 6.34. The van der Waals surface area contributed by atoms with Crippen LogP contribution in [0.2, 0.25) is 4.34 Å². The van der Waals surface area contributed by atoms with Crippen LogP contribution in [0.3, 0.4) is 0 Å². The summed E-state index contributed by atoms with van der Waals surface area (Å²) in [6, 6.07) is 4.04. The molecule has 1 aromatic rings. The molecule has 1 unspecified atom stereocenters. The van der Waals surface area contributed by atoms with E-state index in [1.165, 1.54) is 11.3 Å². The summed E-state index contributed by atoms with van der Waals surface area (Å²) in [6.07, 6.45) is 1.58. The van der Waals surface area contributed by atoms with Gasteiger partial charge in [0.25, 0.3) is 0 Å². The van der Waals surface area contributed by atoms with Crippen LogP contribution in [0.4, 0.5) is 0 Å². The summed E-state index contributed by atoms with van der Waals surface area (Å²) in [7, 11) is 0. The van der Waals surface area contributed by atoms with Crippen molar-refractivity contribution in [3.8, 4) is 0 Å². The topological polar surface area (TPSA) is 80.2 Å². The predicted octanol–water partition coefficient (Wildman–Crippen LogP) is 1.30. The molecule has 1 aromatic heterocycles. The van der Waals surface area contributed by atoms with E-state index in [4.69, 9.17) is 11.6 Å². The van der Waals surface area contributed by atoms with Crippen molar-refractivity contribution in [2.45, 2.75) is 31.9 Å². The Labute approximate surface area is 169 Å². The number of amides is 1. The molecule has 7 nitrogen and oxygen atoms in total. The Hall–Kier alpha value is -1.35. The number of thiophene rings is 1. The summed E-state index contributed by atoms with van der Waals surface area (Å²) in [5.74, 6) is 0.936. The molecule has 0 aromatic carbocycles. The van der Waals surface area contributed by atoms with Gasteiger partial charge in [0, 0.05) is 43.6 Å². The van der Waals surface area contributed by atoms with E-state index in [1.54, 1.807) is 6.07 Å². The number of hydrogen-bond acceptors (Lipinski definition) is 5. The van der Waals surface area contributed by atoms with Crippen LogP contribution in [0, 0.1) is 0 Å². The molecule has 9 heteroatoms. The number of nitrogens with one attached hydrogen (secondary N) is 2. The van der Waals surface area contributed by atoms with Crippen LogP contribution >= 0.6 is 22.9 Å². The molecule has 1 saturated heterocycles. The van der Waals surface area contributed by atoms with Crippen LogP contribution in [0.25, 0.3) is 0 Å². The van der Waals surface area contributed by atoms with E-state index in [0.717, 1.165) is 56.4 Å². The molecule has 1 amide bonds. The summed E-state index contributed by atoms with van der Waals surface area (Å²) >= 11 is 7.32. The number of aliphatic imine (C=N–C) groups is 1. The largest absolute Gasteiger partial charge is 0.386 e. The maximum absolute atomic E-state index is 12.0. The second-order valence-corrected chi connectivity index (χ2v) is 8.70. The van der Waals surface area contributed by atoms with Crippen molar-refractivity contribution in [3.05, 3.63) is 21.3 Å². The molecule has 0 spiro atoms. The van der Waals surface area contributed by atoms with Crippen molar-refractivity contribution in [1.82, 2.24) is 20.4 Å². The van der Waals surface area contributed by atoms with E-state index in [2.05, 4.69) is 25.4 Å². The van der Waals surface area contributed by atoms with E-state index >= 15 is 0 Å². The number of halogens is 1. The Morgan fingerprint density at radius 1 is 1.37 bits per heavy atom. The van der Waals surface area contributed by atoms with Crippen molar-refractivity contribution in [1.29, 1.82) is 0 Å². The first-order valence-corrected chi connectivity index (χ1v) is 10.7. The zero-order valence-corrected chi connectivity index (χ0v) is 17.2. The van der Waals surface area contributed by atoms with Crippen LogP contribution in [-0.4, -0.2) is 78.6 Å². The molecule has 150 valence electrons. The number of guanidine groups is 1. The molecular formula is C18H28ClN5O2S. The maximum Gasteiger partial charge on any atom is 0.234 e. The monoisotopic (exact) mass is 413 g/mol. The fraction of sp³-hybridized carbons (Fsp3) is 0.667. The van der Waals surface area contributed by atoms with Gasteiger partial charge in [0.1, 0.15) is 6.10 Å². The van der Waals surface area contributed by atoms with Gasteiger partial charge in [0.2, 0.25) is 5.91 Å². The highest BCUT2D eigenvalue weighted by Gasteiger charge is 2.26. The normalized spacial score (nSPS) is 19.8. The van der Waals surface area contributed by atoms with E-state index < -0.39 is 6.10 Å². The molecule has 1 aliphatic heterocycles. The molecule has 0 bridgehead atoms. The lowest BCUT2D eigenvalue weighted by Crippen LogP contribution is -2.54. The number of piperazine rings is 1. The molecule has 27 heavy (non-hydrogen) atoms. The third-order valence-electron chi connectivity index (χ3n) is 4.65. The molecule has 1 saturated carbocycles. The van der Waals surface area contributed by atoms with Crippen molar-refractivity contribution in [3.63, 3.8) is 0 Å². The lowest BCUT2D eigenvalue weighted by molar-refractivity contribution is -0.122. The standard InChI is InChI=1S/C18H28ClN5O2S/c1-2-20-18(21-11-14(25)15-5-6-16(19)27-15)24-9-7-23(8-10-24)12-17(26)22-13-3-4-13/h5-6,13-14,25H,2-4,7-12H2,1H3,(H,20,21)(H,22,26). The van der Waals surface area contributed by atoms with Gasteiger partial charge >= 0.3 is 0 Å². The van der Waals surface area contributed by atoms with Crippen molar-refractivity contribution in [2.75, 3.05) is 45.8 Å². The van der Waals surface area contributed by atoms with Crippen molar-refractivity contribution < 1.29 is 9.90 Å². The maximum atomic E-state index is 12.0. The SMILES string of the molecule is CCNC(=NCC(O)c1ccc(Cl)s1)N1CCN(CC(=O)NC2CC2)CC1. The smallest absolute Gasteiger partial charge is 0.234 e. The van der Waals surface area contributed by atoms with Gasteiger partial charge in [-0.25, -0.2) is 0 Å². The Morgan fingerprint density at radius 3 is 2.70 bits per heavy atom. The second-order valence-electron chi connectivity index (χ2n) is 6.96. The van der Waals surface area contributed by atoms with Gasteiger partial charge in [-0.15, -0.1) is 11.3 Å². The molecule has 1 aliphatic carbocycles. The average Bonchev–Trinajstić information content (AvgIpc) is 3.35. The van der Waals surface area contributed by atoms with Crippen LogP contribution in [0.15, 0.2) is 17.1 Å². The van der Waals surface area contributed by atoms with Gasteiger partial charge in [0.15, 0.2) is 5.96 Å². The minimum absolute atomic E-state index is 0.129. The lowest BCUT2D eigenvalue weighted by Gasteiger charge is -2.36. The minimum atomic E-state index is -0.649. The van der Waals surface area contributed by atoms with E-state index in [9.17, 15) is 9.90 Å². The number of hydrogen-bond donors (Lipinski definition) is 3. The van der Waals surface area contributed by atoms with E-state index in [-0.39, 0.29) is 5.91 Å². The fourth-order valence-corrected chi connectivity index (χ4v) is 4.06. The van der Waals surface area contributed by atoms with Gasteiger partial charge in [-0.2, -0.15) is 0 Å². The summed E-state index contributed by atoms with van der Waals surface area (Å²) in [5.41, 5.74) is 0. The highest BCUT2D eigenvalue weighted by Crippen LogP contribution is 2.27. The quantitative estimate of drug-likeness (QED) is 0.463. The van der Waals surface area contributed by atoms with Crippen LogP contribution in [0.1, 0.15) is 30.7 Å². The summed E-state index contributed by atoms with van der Waals surface area (Å²) in [6.45, 7) is 6.83. The van der Waals surface area contributed by atoms with Gasteiger partial charge in [-0.3, -0.25) is 14.7 Å². The van der Waals surface area contributed by atoms with E-state index in [0.29, 0.717) is 23.5 Å². The van der Waals surface area contributed by atoms with Gasteiger partial charge in [-0.05, 0) is 31.9 Å². The first kappa shape index (κ1) is 20.4. The van der Waals surface area contributed by atoms with Crippen molar-refractivity contribution in [2.24, 2.45) is 4.99 Å². The van der Waals surface area contributed by atoms with Gasteiger partial charge in [-0.1, -0.05) is 11.6 Å². The summed E-state index contributed by atoms with van der Waals surface area (Å²) < 4.78 is 0.668. The van der Waals surface area contributed by atoms with E-state index in [1.807, 2.05) is 13.0 Å². The van der Waals surface area contributed by atoms with Crippen LogP contribution in [-0.2, 0) is 4.79 Å². The Bertz CT molecular complexity index is 656. The predicted molar refractivity (Wildman–Crippen MR) is 109 cm³/mol. The molecule has 2 heterocycles. The Kier molecular flexibility index (Phi) is 7.34. The van der Waals surface area contributed by atoms with Crippen LogP contribution in [0.5, 0.6) is 0 Å². The Morgan fingerprint density at radius 2 is 2.11 bits per heavy atom. The number of carbonyl (C=O) groups excluding carboxylic acids is 1. The van der Waals surface area contributed by atoms with Gasteiger partial charge < -0.3 is 20.6 Å². The summed E-state index contributed by atoms with van der Waals surface area (Å²) in [4.78, 5) is 21.8. The minimum Gasteiger partial charge on any atom is -0.386 e. The lowest BCUT2D eigenvalue weighted by atomic mass is 10.3. The Balaban J connectivity index is 1.48. The highest BCUT2D eigenvalue weighted by atomic mass is 35.5. The van der Waals surface area contributed by atoms with Crippen molar-refractivity contribution >= 4 is 34.8 Å². The fourth-order valence-electron chi connectivity index (χ4n) is 3.02. The zero-order chi connectivity index (χ0) is 19.2. The second kappa shape index (κ2) is 9.73. The average molecular weight is 414 g/mol. The number of carbonyl (C=O) groups is 1. The molecule has 0 radical (unpaired) electrons. The first-order chi connectivity index (χ1) is 13.0. The molecular weight excluding hydrogens is 386 g/mol. The highest BCUT2D eigenvalue weighted by molar-refractivity contribution is 7.16. The molecule has 2 aliphatic rings. The van der Waals surface area contributed by atoms with Gasteiger partial charge in [0.05, 0.1) is 17.4 Å². The third-order valence-corrected chi connectivity index (χ3v) is 5.99.